The third-order valence-corrected chi connectivity index (χ3v) is 5.28. The van der Waals surface area contributed by atoms with Crippen molar-refractivity contribution in [1.82, 2.24) is 9.88 Å². The number of likely N-dealkylation sites (tertiary alicyclic amines) is 1. The molecule has 0 atom stereocenters. The van der Waals surface area contributed by atoms with Gasteiger partial charge in [-0.05, 0) is 50.9 Å². The third-order valence-electron chi connectivity index (χ3n) is 5.28. The summed E-state index contributed by atoms with van der Waals surface area (Å²) < 4.78 is 11.6. The van der Waals surface area contributed by atoms with Crippen LogP contribution in [0.25, 0.3) is 10.9 Å². The van der Waals surface area contributed by atoms with E-state index in [-0.39, 0.29) is 0 Å². The lowest BCUT2D eigenvalue weighted by Crippen LogP contribution is -2.37. The molecule has 0 N–H and O–H groups in total. The van der Waals surface area contributed by atoms with Crippen LogP contribution in [-0.2, 0) is 0 Å². The number of aromatic nitrogens is 1. The second-order valence-electron chi connectivity index (χ2n) is 6.94. The molecule has 4 rings (SSSR count). The van der Waals surface area contributed by atoms with E-state index in [1.54, 1.807) is 7.11 Å². The Hall–Kier alpha value is -2.01. The van der Waals surface area contributed by atoms with Crippen molar-refractivity contribution in [2.75, 3.05) is 51.3 Å². The van der Waals surface area contributed by atoms with E-state index in [1.807, 2.05) is 12.3 Å². The van der Waals surface area contributed by atoms with Crippen LogP contribution in [0.1, 0.15) is 25.7 Å². The minimum atomic E-state index is 0.712. The molecular weight excluding hydrogens is 314 g/mol. The molecular formula is C20H27N3O2. The van der Waals surface area contributed by atoms with Crippen LogP contribution in [0.5, 0.6) is 11.5 Å². The SMILES string of the molecule is COc1cc2c(N3CCC3)ccnc2cc1OCCCN1CCCC1. The van der Waals surface area contributed by atoms with Gasteiger partial charge in [-0.15, -0.1) is 0 Å². The second-order valence-corrected chi connectivity index (χ2v) is 6.94. The number of hydrogen-bond donors (Lipinski definition) is 0. The number of ether oxygens (including phenoxy) is 2. The van der Waals surface area contributed by atoms with Crippen LogP contribution in [0.4, 0.5) is 5.69 Å². The molecule has 2 saturated heterocycles. The summed E-state index contributed by atoms with van der Waals surface area (Å²) in [7, 11) is 1.71. The van der Waals surface area contributed by atoms with Crippen molar-refractivity contribution in [3.8, 4) is 11.5 Å². The maximum absolute atomic E-state index is 6.03. The molecule has 0 aliphatic carbocycles. The molecule has 25 heavy (non-hydrogen) atoms. The first-order valence-electron chi connectivity index (χ1n) is 9.42. The average molecular weight is 341 g/mol. The van der Waals surface area contributed by atoms with Gasteiger partial charge in [-0.2, -0.15) is 0 Å². The van der Waals surface area contributed by atoms with Gasteiger partial charge in [0.1, 0.15) is 0 Å². The number of nitrogens with zero attached hydrogens (tertiary/aromatic N) is 3. The Morgan fingerprint density at radius 3 is 2.60 bits per heavy atom. The van der Waals surface area contributed by atoms with Crippen molar-refractivity contribution in [2.24, 2.45) is 0 Å². The van der Waals surface area contributed by atoms with Crippen molar-refractivity contribution in [1.29, 1.82) is 0 Å². The van der Waals surface area contributed by atoms with E-state index in [2.05, 4.69) is 26.9 Å². The number of methoxy groups -OCH3 is 1. The van der Waals surface area contributed by atoms with Gasteiger partial charge in [0.05, 0.1) is 19.2 Å². The van der Waals surface area contributed by atoms with E-state index < -0.39 is 0 Å². The Morgan fingerprint density at radius 2 is 1.88 bits per heavy atom. The first-order chi connectivity index (χ1) is 12.3. The Balaban J connectivity index is 1.48. The van der Waals surface area contributed by atoms with Gasteiger partial charge in [0, 0.05) is 43.0 Å². The third kappa shape index (κ3) is 3.52. The normalized spacial score (nSPS) is 17.7. The fourth-order valence-electron chi connectivity index (χ4n) is 3.72. The van der Waals surface area contributed by atoms with Crippen LogP contribution in [0.3, 0.4) is 0 Å². The van der Waals surface area contributed by atoms with E-state index in [4.69, 9.17) is 9.47 Å². The number of hydrogen-bond acceptors (Lipinski definition) is 5. The van der Waals surface area contributed by atoms with Crippen LogP contribution < -0.4 is 14.4 Å². The van der Waals surface area contributed by atoms with Crippen molar-refractivity contribution in [3.05, 3.63) is 24.4 Å². The molecule has 0 saturated carbocycles. The summed E-state index contributed by atoms with van der Waals surface area (Å²) >= 11 is 0. The summed E-state index contributed by atoms with van der Waals surface area (Å²) in [5.41, 5.74) is 2.22. The van der Waals surface area contributed by atoms with Crippen LogP contribution >= 0.6 is 0 Å². The maximum Gasteiger partial charge on any atom is 0.163 e. The number of fused-ring (bicyclic) bond motifs is 1. The molecule has 2 fully saturated rings. The van der Waals surface area contributed by atoms with Gasteiger partial charge in [0.25, 0.3) is 0 Å². The van der Waals surface area contributed by atoms with Crippen molar-refractivity contribution in [3.63, 3.8) is 0 Å². The standard InChI is InChI=1S/C20H27N3O2/c1-24-19-14-16-17(21-7-6-18(16)23-11-4-12-23)15-20(19)25-13-5-10-22-8-2-3-9-22/h6-7,14-15H,2-5,8-13H2,1H3. The van der Waals surface area contributed by atoms with Crippen LogP contribution in [0, 0.1) is 0 Å². The summed E-state index contributed by atoms with van der Waals surface area (Å²) in [6, 6.07) is 6.19. The van der Waals surface area contributed by atoms with Crippen LogP contribution in [0.2, 0.25) is 0 Å². The highest BCUT2D eigenvalue weighted by Gasteiger charge is 2.19. The van der Waals surface area contributed by atoms with Gasteiger partial charge in [-0.1, -0.05) is 0 Å². The molecule has 1 aromatic heterocycles. The first-order valence-corrected chi connectivity index (χ1v) is 9.42. The minimum Gasteiger partial charge on any atom is -0.493 e. The fourth-order valence-corrected chi connectivity index (χ4v) is 3.72. The van der Waals surface area contributed by atoms with Gasteiger partial charge >= 0.3 is 0 Å². The lowest BCUT2D eigenvalue weighted by atomic mass is 10.1. The minimum absolute atomic E-state index is 0.712. The molecule has 0 radical (unpaired) electrons. The highest BCUT2D eigenvalue weighted by atomic mass is 16.5. The van der Waals surface area contributed by atoms with Gasteiger partial charge in [-0.25, -0.2) is 0 Å². The Labute approximate surface area is 149 Å². The lowest BCUT2D eigenvalue weighted by Gasteiger charge is -2.34. The monoisotopic (exact) mass is 341 g/mol. The van der Waals surface area contributed by atoms with Gasteiger partial charge < -0.3 is 19.3 Å². The molecule has 0 bridgehead atoms. The quantitative estimate of drug-likeness (QED) is 0.722. The van der Waals surface area contributed by atoms with Gasteiger partial charge in [0.15, 0.2) is 11.5 Å². The molecule has 134 valence electrons. The highest BCUT2D eigenvalue weighted by molar-refractivity contribution is 5.94. The number of benzene rings is 1. The zero-order valence-electron chi connectivity index (χ0n) is 15.0. The summed E-state index contributed by atoms with van der Waals surface area (Å²) in [6.45, 7) is 6.55. The molecule has 1 aromatic carbocycles. The summed E-state index contributed by atoms with van der Waals surface area (Å²) in [5, 5.41) is 1.14. The Morgan fingerprint density at radius 1 is 1.04 bits per heavy atom. The molecule has 3 heterocycles. The Kier molecular flexibility index (Phi) is 4.92. The first kappa shape index (κ1) is 16.5. The van der Waals surface area contributed by atoms with Crippen molar-refractivity contribution in [2.45, 2.75) is 25.7 Å². The molecule has 2 aromatic rings. The molecule has 2 aliphatic rings. The molecule has 0 amide bonds. The van der Waals surface area contributed by atoms with E-state index in [9.17, 15) is 0 Å². The summed E-state index contributed by atoms with van der Waals surface area (Å²) in [4.78, 5) is 9.44. The van der Waals surface area contributed by atoms with Crippen LogP contribution in [-0.4, -0.2) is 56.3 Å². The summed E-state index contributed by atoms with van der Waals surface area (Å²) in [6.07, 6.45) is 6.87. The fraction of sp³-hybridized carbons (Fsp3) is 0.550. The zero-order valence-corrected chi connectivity index (χ0v) is 15.0. The predicted molar refractivity (Wildman–Crippen MR) is 101 cm³/mol. The van der Waals surface area contributed by atoms with Gasteiger partial charge in [-0.3, -0.25) is 4.98 Å². The average Bonchev–Trinajstić information content (AvgIpc) is 3.10. The van der Waals surface area contributed by atoms with Crippen LogP contribution in [0.15, 0.2) is 24.4 Å². The van der Waals surface area contributed by atoms with E-state index in [0.29, 0.717) is 6.61 Å². The lowest BCUT2D eigenvalue weighted by molar-refractivity contribution is 0.254. The maximum atomic E-state index is 6.03. The zero-order chi connectivity index (χ0) is 17.1. The smallest absolute Gasteiger partial charge is 0.163 e. The largest absolute Gasteiger partial charge is 0.493 e. The molecule has 0 spiro atoms. The summed E-state index contributed by atoms with van der Waals surface area (Å²) in [5.74, 6) is 1.59. The topological polar surface area (TPSA) is 37.8 Å². The number of pyridine rings is 1. The Bertz CT molecular complexity index is 724. The second kappa shape index (κ2) is 7.48. The molecule has 0 unspecified atom stereocenters. The molecule has 5 nitrogen and oxygen atoms in total. The van der Waals surface area contributed by atoms with E-state index in [0.717, 1.165) is 48.5 Å². The van der Waals surface area contributed by atoms with Gasteiger partial charge in [0.2, 0.25) is 0 Å². The number of anilines is 1. The van der Waals surface area contributed by atoms with E-state index in [1.165, 1.54) is 38.0 Å². The van der Waals surface area contributed by atoms with Crippen molar-refractivity contribution >= 4 is 16.6 Å². The highest BCUT2D eigenvalue weighted by Crippen LogP contribution is 2.37. The van der Waals surface area contributed by atoms with Crippen molar-refractivity contribution < 1.29 is 9.47 Å². The number of rotatable bonds is 7. The van der Waals surface area contributed by atoms with E-state index >= 15 is 0 Å². The predicted octanol–water partition coefficient (Wildman–Crippen LogP) is 3.32. The molecule has 5 heteroatoms. The molecule has 2 aliphatic heterocycles.